The Bertz CT molecular complexity index is 5510. The highest BCUT2D eigenvalue weighted by Crippen LogP contribution is 2.25. The predicted octanol–water partition coefficient (Wildman–Crippen LogP) is 15.4. The molecule has 1 heterocycles. The van der Waals surface area contributed by atoms with Gasteiger partial charge in [-0.05, 0) is 216 Å². The van der Waals surface area contributed by atoms with Crippen molar-refractivity contribution in [2.24, 2.45) is 0 Å². The van der Waals surface area contributed by atoms with Crippen molar-refractivity contribution in [3.8, 4) is 0 Å². The summed E-state index contributed by atoms with van der Waals surface area (Å²) in [7, 11) is 0. The molecule has 686 valence electrons. The number of ether oxygens (including phenoxy) is 12. The third-order valence-corrected chi connectivity index (χ3v) is 19.7. The van der Waals surface area contributed by atoms with E-state index in [1.165, 1.54) is 0 Å². The molecule has 1 aliphatic heterocycles. The number of amides is 5. The molecule has 0 spiro atoms. The first kappa shape index (κ1) is 98.2. The van der Waals surface area contributed by atoms with Gasteiger partial charge in [-0.3, -0.25) is 55.4 Å². The van der Waals surface area contributed by atoms with E-state index in [0.29, 0.717) is 102 Å². The van der Waals surface area contributed by atoms with Gasteiger partial charge < -0.3 is 67.7 Å². The van der Waals surface area contributed by atoms with Crippen molar-refractivity contribution >= 4 is 101 Å². The number of hydrogen-bond acceptors (Lipinski definition) is 25. The van der Waals surface area contributed by atoms with Crippen LogP contribution in [0, 0.1) is 0 Å². The van der Waals surface area contributed by atoms with Crippen molar-refractivity contribution in [3.05, 3.63) is 315 Å². The molecular formula is C100H106N6O25. The van der Waals surface area contributed by atoms with Gasteiger partial charge in [-0.25, -0.2) is 28.8 Å². The molecule has 1 saturated heterocycles. The normalized spacial score (nSPS) is 12.4. The van der Waals surface area contributed by atoms with E-state index in [0.717, 1.165) is 68.1 Å². The van der Waals surface area contributed by atoms with Crippen LogP contribution in [0.25, 0.3) is 0 Å². The molecule has 0 aromatic heterocycles. The molecule has 0 bridgehead atoms. The van der Waals surface area contributed by atoms with Crippen LogP contribution in [0.4, 0.5) is 52.4 Å². The number of carbonyl (C=O) groups is 12. The van der Waals surface area contributed by atoms with Crippen LogP contribution in [0.2, 0.25) is 0 Å². The summed E-state index contributed by atoms with van der Waals surface area (Å²) in [5.41, 5.74) is 18.0. The first-order valence-corrected chi connectivity index (χ1v) is 42.6. The van der Waals surface area contributed by atoms with Crippen LogP contribution in [0.15, 0.2) is 242 Å². The lowest BCUT2D eigenvalue weighted by atomic mass is 9.99. The van der Waals surface area contributed by atoms with Crippen molar-refractivity contribution in [2.45, 2.75) is 122 Å². The topological polar surface area (TPSA) is 425 Å². The van der Waals surface area contributed by atoms with Crippen LogP contribution in [0.5, 0.6) is 0 Å². The largest absolute Gasteiger partial charge is 0.478 e. The number of nitrogens with one attached hydrogen (secondary N) is 5. The first-order chi connectivity index (χ1) is 63.2. The SMILES string of the molecule is C=C(/C=C(\C)NC(=O)OCCOCCOC(=O)CCCCC(=O)OC(=O)Nc1cccc(Cc2cccc(CC(=O)OCCOC(=O)Cc3cccc(Cc4cccc(CC(=O)OCC5CO5)c4)c3)c2)c1)Cc1cccc(NC(=O)OCCCCOC(=O)Cc2cccc(Cc3cccc(NC(=O)OCC(C)(OC(=O)Nc4cccc(Cc5cccc(N)c5)c4)C(=O)O)c3)c2)c1. The number of aliphatic carboxylic acids is 1. The van der Waals surface area contributed by atoms with Gasteiger partial charge in [0.25, 0.3) is 0 Å². The Hall–Kier alpha value is -15.0. The van der Waals surface area contributed by atoms with Crippen molar-refractivity contribution in [1.29, 1.82) is 0 Å². The number of epoxide rings is 1. The fraction of sp³-hybridized carbons (Fsp3) is 0.300. The predicted molar refractivity (Wildman–Crippen MR) is 484 cm³/mol. The summed E-state index contributed by atoms with van der Waals surface area (Å²) in [6.45, 7) is 6.79. The molecule has 0 saturated carbocycles. The Morgan fingerprint density at radius 2 is 0.733 bits per heavy atom. The van der Waals surface area contributed by atoms with E-state index in [2.05, 4.69) is 33.2 Å². The van der Waals surface area contributed by atoms with Gasteiger partial charge in [-0.2, -0.15) is 0 Å². The number of rotatable bonds is 49. The maximum absolute atomic E-state index is 12.9. The number of carbonyl (C=O) groups excluding carboxylic acids is 11. The molecule has 5 amide bonds. The zero-order valence-electron chi connectivity index (χ0n) is 72.9. The third kappa shape index (κ3) is 37.8. The zero-order chi connectivity index (χ0) is 93.1. The molecular weight excluding hydrogens is 1690 g/mol. The molecule has 131 heavy (non-hydrogen) atoms. The molecule has 1 fully saturated rings. The summed E-state index contributed by atoms with van der Waals surface area (Å²) < 4.78 is 63.3. The number of carboxylic acid groups (broad SMARTS) is 1. The van der Waals surface area contributed by atoms with Gasteiger partial charge in [0, 0.05) is 47.0 Å². The number of anilines is 5. The lowest BCUT2D eigenvalue weighted by Crippen LogP contribution is -2.46. The maximum Gasteiger partial charge on any atom is 0.419 e. The van der Waals surface area contributed by atoms with E-state index in [9.17, 15) is 62.6 Å². The van der Waals surface area contributed by atoms with Crippen LogP contribution in [0.3, 0.4) is 0 Å². The van der Waals surface area contributed by atoms with Crippen LogP contribution in [-0.2, 0) is 148 Å². The molecule has 0 aliphatic carbocycles. The number of esters is 6. The van der Waals surface area contributed by atoms with Gasteiger partial charge >= 0.3 is 72.3 Å². The summed E-state index contributed by atoms with van der Waals surface area (Å²) in [6, 6.07) is 65.4. The number of allylic oxidation sites excluding steroid dienone is 3. The highest BCUT2D eigenvalue weighted by Gasteiger charge is 2.40. The highest BCUT2D eigenvalue weighted by atomic mass is 16.6. The average Bonchev–Trinajstić information content (AvgIpc) is 1.45. The van der Waals surface area contributed by atoms with Gasteiger partial charge in [-0.15, -0.1) is 0 Å². The number of nitrogens with two attached hydrogens (primary N) is 1. The van der Waals surface area contributed by atoms with Gasteiger partial charge in [0.1, 0.15) is 45.7 Å². The summed E-state index contributed by atoms with van der Waals surface area (Å²) >= 11 is 0. The minimum atomic E-state index is -2.24. The highest BCUT2D eigenvalue weighted by molar-refractivity contribution is 5.93. The van der Waals surface area contributed by atoms with E-state index in [1.54, 1.807) is 104 Å². The number of carboxylic acids is 1. The maximum atomic E-state index is 12.9. The quantitative estimate of drug-likeness (QED) is 0.00354. The average molecular weight is 1790 g/mol. The Kier molecular flexibility index (Phi) is 38.8. The minimum absolute atomic E-state index is 0.00687. The first-order valence-electron chi connectivity index (χ1n) is 42.6. The molecule has 2 atom stereocenters. The fourth-order valence-electron chi connectivity index (χ4n) is 13.4. The van der Waals surface area contributed by atoms with Gasteiger partial charge in [0.05, 0.1) is 58.7 Å². The molecule has 31 heteroatoms. The van der Waals surface area contributed by atoms with Crippen LogP contribution >= 0.6 is 0 Å². The molecule has 9 aromatic rings. The van der Waals surface area contributed by atoms with Crippen LogP contribution < -0.4 is 32.3 Å². The van der Waals surface area contributed by atoms with Gasteiger partial charge in [0.15, 0.2) is 0 Å². The molecule has 0 radical (unpaired) electrons. The number of unbranched alkanes of at least 4 members (excludes halogenated alkanes) is 2. The van der Waals surface area contributed by atoms with E-state index < -0.39 is 78.5 Å². The Morgan fingerprint density at radius 3 is 1.19 bits per heavy atom. The third-order valence-electron chi connectivity index (χ3n) is 19.7. The molecule has 31 nitrogen and oxygen atoms in total. The number of nitrogen functional groups attached to an aromatic ring is 1. The van der Waals surface area contributed by atoms with E-state index in [-0.39, 0.29) is 123 Å². The second kappa shape index (κ2) is 51.7. The summed E-state index contributed by atoms with van der Waals surface area (Å²) in [5, 5.41) is 23.0. The standard InChI is InChI=1S/C100H106N6O25/c1-67(46-69-26-13-31-83(56-69)103-96(116)125-38-7-6-37-121-90(109)60-78-21-10-19-72(52-78)48-75-27-14-32-84(57-75)104-97(117)129-66-100(3,94(113)114)131-99(119)106-86-34-16-29-77(59-86)54-74-25-12-30-82(101)55-74)45-68(2)102-95(115)126-42-40-120-39-41-122-88(107)35-4-5-36-89(108)130-98(118)105-85-33-15-28-76(58-85)49-73-20-11-23-80(53-73)62-92(111)124-44-43-123-91(110)61-79-22-8-17-70(50-79)47-71-18-9-24-81(51-71)63-93(112)128-65-87-64-127-87/h8-34,45,50-53,55-59,87H,1,4-7,35-44,46-49,54,60-66,101H2,2-3H3,(H,102,115)(H,103,116)(H,104,117)(H,105,118)(H,106,119)(H,113,114)/b68-45+. The Morgan fingerprint density at radius 1 is 0.389 bits per heavy atom. The van der Waals surface area contributed by atoms with Crippen LogP contribution in [0.1, 0.15) is 125 Å². The second-order valence-electron chi connectivity index (χ2n) is 31.1. The lowest BCUT2D eigenvalue weighted by molar-refractivity contribution is -0.160. The monoisotopic (exact) mass is 1790 g/mol. The molecule has 8 N–H and O–H groups in total. The lowest BCUT2D eigenvalue weighted by Gasteiger charge is -2.24. The molecule has 1 aliphatic rings. The molecule has 10 rings (SSSR count). The molecule has 9 aromatic carbocycles. The van der Waals surface area contributed by atoms with E-state index in [4.69, 9.17) is 62.6 Å². The van der Waals surface area contributed by atoms with Crippen molar-refractivity contribution in [1.82, 2.24) is 5.32 Å². The Balaban J connectivity index is 0.505. The smallest absolute Gasteiger partial charge is 0.419 e. The minimum Gasteiger partial charge on any atom is -0.478 e. The number of benzene rings is 9. The summed E-state index contributed by atoms with van der Waals surface area (Å²) in [5.74, 6) is -4.55. The summed E-state index contributed by atoms with van der Waals surface area (Å²) in [4.78, 5) is 151. The second-order valence-corrected chi connectivity index (χ2v) is 31.1. The fourth-order valence-corrected chi connectivity index (χ4v) is 13.4. The van der Waals surface area contributed by atoms with Gasteiger partial charge in [0.2, 0.25) is 5.60 Å². The van der Waals surface area contributed by atoms with E-state index >= 15 is 0 Å². The van der Waals surface area contributed by atoms with Gasteiger partial charge in [-0.1, -0.05) is 164 Å². The zero-order valence-corrected chi connectivity index (χ0v) is 72.9. The van der Waals surface area contributed by atoms with Crippen molar-refractivity contribution in [2.75, 3.05) is 99.7 Å². The molecule has 2 unspecified atom stereocenters. The van der Waals surface area contributed by atoms with Crippen molar-refractivity contribution in [3.63, 3.8) is 0 Å². The van der Waals surface area contributed by atoms with Crippen molar-refractivity contribution < 1.29 is 119 Å². The number of hydrogen-bond donors (Lipinski definition) is 7. The van der Waals surface area contributed by atoms with E-state index in [1.807, 2.05) is 127 Å². The number of alkyl carbamates (subject to hydrolysis) is 1. The van der Waals surface area contributed by atoms with Crippen LogP contribution in [-0.4, -0.2) is 162 Å². The summed E-state index contributed by atoms with van der Waals surface area (Å²) in [6.07, 6.45) is 1.10. The Labute approximate surface area is 757 Å².